The second kappa shape index (κ2) is 10.3. The Morgan fingerprint density at radius 2 is 0.974 bits per heavy atom. The zero-order valence-electron chi connectivity index (χ0n) is 21.7. The highest BCUT2D eigenvalue weighted by Gasteiger charge is 2.15. The lowest BCUT2D eigenvalue weighted by molar-refractivity contribution is 1.33. The molecule has 1 heteroatoms. The van der Waals surface area contributed by atoms with E-state index in [9.17, 15) is 0 Å². The van der Waals surface area contributed by atoms with Crippen molar-refractivity contribution in [3.63, 3.8) is 0 Å². The molecule has 1 heterocycles. The van der Waals surface area contributed by atoms with Crippen LogP contribution in [-0.2, 0) is 0 Å². The Morgan fingerprint density at radius 3 is 1.71 bits per heavy atom. The molecule has 6 rings (SSSR count). The topological polar surface area (TPSA) is 12.9 Å². The summed E-state index contributed by atoms with van der Waals surface area (Å²) in [4.78, 5) is 4.58. The summed E-state index contributed by atoms with van der Waals surface area (Å²) in [5.41, 5.74) is 14.5. The molecule has 5 aromatic carbocycles. The molecule has 6 aromatic rings. The monoisotopic (exact) mass is 487 g/mol. The number of hydrogen-bond acceptors (Lipinski definition) is 1. The molecule has 0 saturated carbocycles. The number of benzene rings is 5. The molecule has 0 amide bonds. The van der Waals surface area contributed by atoms with E-state index in [1.54, 1.807) is 0 Å². The van der Waals surface area contributed by atoms with Gasteiger partial charge in [-0.2, -0.15) is 0 Å². The quantitative estimate of drug-likeness (QED) is 0.236. The molecule has 0 aliphatic heterocycles. The lowest BCUT2D eigenvalue weighted by Crippen LogP contribution is -1.93. The van der Waals surface area contributed by atoms with Crippen molar-refractivity contribution in [1.29, 1.82) is 0 Å². The first-order valence-corrected chi connectivity index (χ1v) is 13.1. The van der Waals surface area contributed by atoms with Crippen molar-refractivity contribution < 1.29 is 0 Å². The molecule has 1 aromatic heterocycles. The van der Waals surface area contributed by atoms with Crippen molar-refractivity contribution in [2.24, 2.45) is 0 Å². The molecule has 1 nitrogen and oxygen atoms in total. The van der Waals surface area contributed by atoms with Gasteiger partial charge in [-0.3, -0.25) is 4.98 Å². The number of pyridine rings is 1. The highest BCUT2D eigenvalue weighted by Crippen LogP contribution is 2.40. The molecule has 182 valence electrons. The summed E-state index contributed by atoms with van der Waals surface area (Å²) in [7, 11) is 0. The van der Waals surface area contributed by atoms with Crippen molar-refractivity contribution in [3.8, 4) is 55.8 Å². The maximum absolute atomic E-state index is 4.58. The maximum atomic E-state index is 4.58. The van der Waals surface area contributed by atoms with Crippen LogP contribution < -0.4 is 0 Å². The summed E-state index contributed by atoms with van der Waals surface area (Å²) < 4.78 is 0. The first-order valence-electron chi connectivity index (χ1n) is 13.1. The molecule has 38 heavy (non-hydrogen) atoms. The van der Waals surface area contributed by atoms with Crippen LogP contribution in [0.2, 0.25) is 0 Å². The van der Waals surface area contributed by atoms with Crippen LogP contribution in [0, 0.1) is 13.8 Å². The van der Waals surface area contributed by atoms with Gasteiger partial charge in [-0.15, -0.1) is 0 Å². The van der Waals surface area contributed by atoms with Crippen molar-refractivity contribution in [3.05, 3.63) is 151 Å². The maximum Gasteiger partial charge on any atom is 0.0702 e. The Labute approximate surface area is 225 Å². The van der Waals surface area contributed by atoms with Crippen LogP contribution in [-0.4, -0.2) is 4.98 Å². The van der Waals surface area contributed by atoms with Crippen LogP contribution in [0.1, 0.15) is 11.1 Å². The van der Waals surface area contributed by atoms with Crippen molar-refractivity contribution in [2.75, 3.05) is 0 Å². The molecule has 0 aliphatic carbocycles. The minimum absolute atomic E-state index is 0.984. The van der Waals surface area contributed by atoms with Gasteiger partial charge in [0.05, 0.1) is 5.69 Å². The normalized spacial score (nSPS) is 10.9. The predicted molar refractivity (Wildman–Crippen MR) is 161 cm³/mol. The Morgan fingerprint density at radius 1 is 0.395 bits per heavy atom. The predicted octanol–water partition coefficient (Wildman–Crippen LogP) is 10.0. The number of nitrogens with zero attached hydrogens (tertiary/aromatic N) is 1. The van der Waals surface area contributed by atoms with Crippen LogP contribution in [0.3, 0.4) is 0 Å². The Bertz CT molecular complexity index is 1700. The lowest BCUT2D eigenvalue weighted by Gasteiger charge is -2.18. The Hall–Kier alpha value is -4.75. The second-order valence-electron chi connectivity index (χ2n) is 9.77. The van der Waals surface area contributed by atoms with Crippen molar-refractivity contribution in [1.82, 2.24) is 4.98 Å². The summed E-state index contributed by atoms with van der Waals surface area (Å²) in [5, 5.41) is 0. The van der Waals surface area contributed by atoms with Crippen molar-refractivity contribution in [2.45, 2.75) is 13.8 Å². The van der Waals surface area contributed by atoms with E-state index in [-0.39, 0.29) is 0 Å². The molecule has 0 unspecified atom stereocenters. The van der Waals surface area contributed by atoms with E-state index in [0.717, 1.165) is 11.3 Å². The largest absolute Gasteiger partial charge is 0.256 e. The standard InChI is InChI=1S/C37H29N/c1-26-11-8-12-27(2)37(26)35-25-31(30-16-9-15-29(23-30)28-13-4-3-5-14-28)20-21-34(35)32-17-10-18-33(24-32)36-19-6-7-22-38-36/h3-25H,1-2H3. The Kier molecular flexibility index (Phi) is 6.42. The molecule has 0 aliphatic rings. The minimum atomic E-state index is 0.984. The molecule has 0 radical (unpaired) electrons. The molecule has 0 atom stereocenters. The van der Waals surface area contributed by atoms with Crippen LogP contribution in [0.4, 0.5) is 0 Å². The van der Waals surface area contributed by atoms with E-state index in [4.69, 9.17) is 0 Å². The molecule has 0 fully saturated rings. The van der Waals surface area contributed by atoms with Crippen molar-refractivity contribution >= 4 is 0 Å². The van der Waals surface area contributed by atoms with Gasteiger partial charge in [0.25, 0.3) is 0 Å². The number of aryl methyl sites for hydroxylation is 2. The lowest BCUT2D eigenvalue weighted by atomic mass is 9.86. The van der Waals surface area contributed by atoms with E-state index in [1.165, 1.54) is 55.6 Å². The van der Waals surface area contributed by atoms with E-state index >= 15 is 0 Å². The number of aromatic nitrogens is 1. The summed E-state index contributed by atoms with van der Waals surface area (Å²) in [6, 6.07) is 47.6. The number of rotatable bonds is 5. The van der Waals surface area contributed by atoms with Gasteiger partial charge in [0.2, 0.25) is 0 Å². The minimum Gasteiger partial charge on any atom is -0.256 e. The second-order valence-corrected chi connectivity index (χ2v) is 9.77. The van der Waals surface area contributed by atoms with E-state index in [2.05, 4.69) is 140 Å². The van der Waals surface area contributed by atoms with Crippen LogP contribution in [0.15, 0.2) is 140 Å². The van der Waals surface area contributed by atoms with E-state index in [0.29, 0.717) is 0 Å². The smallest absolute Gasteiger partial charge is 0.0702 e. The molecule has 0 bridgehead atoms. The fourth-order valence-corrected chi connectivity index (χ4v) is 5.31. The van der Waals surface area contributed by atoms with Gasteiger partial charge in [-0.05, 0) is 99.8 Å². The summed E-state index contributed by atoms with van der Waals surface area (Å²) in [5.74, 6) is 0. The van der Waals surface area contributed by atoms with Gasteiger partial charge in [0.1, 0.15) is 0 Å². The van der Waals surface area contributed by atoms with Crippen LogP contribution in [0.5, 0.6) is 0 Å². The highest BCUT2D eigenvalue weighted by molar-refractivity contribution is 5.90. The van der Waals surface area contributed by atoms with Gasteiger partial charge in [-0.1, -0.05) is 103 Å². The summed E-state index contributed by atoms with van der Waals surface area (Å²) >= 11 is 0. The average Bonchev–Trinajstić information content (AvgIpc) is 2.98. The zero-order chi connectivity index (χ0) is 25.9. The number of hydrogen-bond donors (Lipinski definition) is 0. The van der Waals surface area contributed by atoms with Gasteiger partial charge < -0.3 is 0 Å². The molecule has 0 saturated heterocycles. The third-order valence-corrected chi connectivity index (χ3v) is 7.21. The van der Waals surface area contributed by atoms with E-state index in [1.807, 2.05) is 18.3 Å². The first-order chi connectivity index (χ1) is 18.7. The third kappa shape index (κ3) is 4.67. The van der Waals surface area contributed by atoms with Gasteiger partial charge >= 0.3 is 0 Å². The van der Waals surface area contributed by atoms with Gasteiger partial charge in [0.15, 0.2) is 0 Å². The highest BCUT2D eigenvalue weighted by atomic mass is 14.7. The molecule has 0 spiro atoms. The van der Waals surface area contributed by atoms with Gasteiger partial charge in [0, 0.05) is 11.8 Å². The third-order valence-electron chi connectivity index (χ3n) is 7.21. The fraction of sp³-hybridized carbons (Fsp3) is 0.0541. The fourth-order valence-electron chi connectivity index (χ4n) is 5.31. The van der Waals surface area contributed by atoms with Crippen LogP contribution >= 0.6 is 0 Å². The summed E-state index contributed by atoms with van der Waals surface area (Å²) in [6.07, 6.45) is 1.85. The van der Waals surface area contributed by atoms with E-state index < -0.39 is 0 Å². The molecular formula is C37H29N. The molecular weight excluding hydrogens is 458 g/mol. The first kappa shape index (κ1) is 23.6. The SMILES string of the molecule is Cc1cccc(C)c1-c1cc(-c2cccc(-c3ccccc3)c2)ccc1-c1cccc(-c2ccccn2)c1. The average molecular weight is 488 g/mol. The molecule has 0 N–H and O–H groups in total. The zero-order valence-corrected chi connectivity index (χ0v) is 21.7. The van der Waals surface area contributed by atoms with Crippen LogP contribution in [0.25, 0.3) is 55.8 Å². The van der Waals surface area contributed by atoms with Gasteiger partial charge in [-0.25, -0.2) is 0 Å². The summed E-state index contributed by atoms with van der Waals surface area (Å²) in [6.45, 7) is 4.41. The Balaban J connectivity index is 1.52.